The monoisotopic (exact) mass is 422 g/mol. The van der Waals surface area contributed by atoms with Crippen molar-refractivity contribution >= 4 is 0 Å². The van der Waals surface area contributed by atoms with Crippen LogP contribution in [-0.4, -0.2) is 45.8 Å². The van der Waals surface area contributed by atoms with E-state index in [1.54, 1.807) is 0 Å². The van der Waals surface area contributed by atoms with Crippen molar-refractivity contribution in [3.8, 4) is 0 Å². The zero-order valence-electron chi connectivity index (χ0n) is 19.7. The quantitative estimate of drug-likeness (QED) is 0.727. The Hall–Kier alpha value is -1.75. The van der Waals surface area contributed by atoms with Gasteiger partial charge in [-0.1, -0.05) is 45.0 Å². The summed E-state index contributed by atoms with van der Waals surface area (Å²) in [6.45, 7) is 10.2. The van der Waals surface area contributed by atoms with Crippen molar-refractivity contribution in [2.24, 2.45) is 5.41 Å². The number of pyridine rings is 1. The lowest BCUT2D eigenvalue weighted by atomic mass is 9.62. The summed E-state index contributed by atoms with van der Waals surface area (Å²) >= 11 is 0. The lowest BCUT2D eigenvalue weighted by Gasteiger charge is -2.56. The number of hydrogen-bond donors (Lipinski definition) is 2. The third-order valence-electron chi connectivity index (χ3n) is 7.82. The molecule has 0 spiro atoms. The number of nitrogens with zero attached hydrogens (tertiary/aromatic N) is 2. The number of aliphatic hydroxyl groups is 2. The molecule has 1 atom stereocenters. The molecule has 2 aliphatic rings. The molecule has 1 aliphatic heterocycles. The summed E-state index contributed by atoms with van der Waals surface area (Å²) in [5.74, 6) is 0.846. The third kappa shape index (κ3) is 4.06. The van der Waals surface area contributed by atoms with Crippen molar-refractivity contribution < 1.29 is 10.2 Å². The average molecular weight is 423 g/mol. The highest BCUT2D eigenvalue weighted by atomic mass is 16.3. The van der Waals surface area contributed by atoms with Crippen LogP contribution in [0.2, 0.25) is 0 Å². The molecule has 31 heavy (non-hydrogen) atoms. The van der Waals surface area contributed by atoms with Gasteiger partial charge in [0, 0.05) is 36.5 Å². The van der Waals surface area contributed by atoms with Crippen LogP contribution < -0.4 is 0 Å². The highest BCUT2D eigenvalue weighted by Crippen LogP contribution is 2.50. The van der Waals surface area contributed by atoms with E-state index in [1.807, 2.05) is 19.3 Å². The molecular weight excluding hydrogens is 384 g/mol. The first-order valence-corrected chi connectivity index (χ1v) is 11.7. The van der Waals surface area contributed by atoms with Crippen molar-refractivity contribution in [1.29, 1.82) is 0 Å². The van der Waals surface area contributed by atoms with Gasteiger partial charge >= 0.3 is 0 Å². The molecule has 1 unspecified atom stereocenters. The lowest BCUT2D eigenvalue weighted by molar-refractivity contribution is -0.127. The van der Waals surface area contributed by atoms with Gasteiger partial charge in [-0.2, -0.15) is 0 Å². The predicted octanol–water partition coefficient (Wildman–Crippen LogP) is 4.80. The molecule has 1 aromatic heterocycles. The number of likely N-dealkylation sites (tertiary alicyclic amines) is 1. The van der Waals surface area contributed by atoms with Crippen LogP contribution >= 0.6 is 0 Å². The largest absolute Gasteiger partial charge is 0.390 e. The molecular formula is C27H38N2O2. The molecule has 4 rings (SSSR count). The average Bonchev–Trinajstić information content (AvgIpc) is 2.72. The Morgan fingerprint density at radius 1 is 1.03 bits per heavy atom. The second kappa shape index (κ2) is 7.99. The Bertz CT molecular complexity index is 905. The Kier molecular flexibility index (Phi) is 5.78. The zero-order chi connectivity index (χ0) is 22.4. The zero-order valence-corrected chi connectivity index (χ0v) is 19.7. The summed E-state index contributed by atoms with van der Waals surface area (Å²) in [7, 11) is 2.10. The van der Waals surface area contributed by atoms with Gasteiger partial charge in [0.2, 0.25) is 0 Å². The molecule has 4 nitrogen and oxygen atoms in total. The first kappa shape index (κ1) is 22.4. The van der Waals surface area contributed by atoms with E-state index >= 15 is 0 Å². The van der Waals surface area contributed by atoms with E-state index in [2.05, 4.69) is 68.0 Å². The summed E-state index contributed by atoms with van der Waals surface area (Å²) in [6, 6.07) is 10.7. The van der Waals surface area contributed by atoms with Gasteiger partial charge < -0.3 is 15.1 Å². The molecule has 1 aromatic carbocycles. The van der Waals surface area contributed by atoms with Crippen LogP contribution in [0.5, 0.6) is 0 Å². The summed E-state index contributed by atoms with van der Waals surface area (Å²) < 4.78 is 0. The Morgan fingerprint density at radius 2 is 1.65 bits per heavy atom. The molecule has 168 valence electrons. The van der Waals surface area contributed by atoms with Crippen LogP contribution in [0, 0.1) is 5.41 Å². The Morgan fingerprint density at radius 3 is 2.19 bits per heavy atom. The van der Waals surface area contributed by atoms with Crippen LogP contribution in [0.1, 0.15) is 87.5 Å². The highest BCUT2D eigenvalue weighted by molar-refractivity contribution is 5.42. The fourth-order valence-corrected chi connectivity index (χ4v) is 5.80. The van der Waals surface area contributed by atoms with E-state index in [9.17, 15) is 10.2 Å². The molecule has 4 heteroatoms. The number of rotatable bonds is 5. The van der Waals surface area contributed by atoms with Crippen molar-refractivity contribution in [3.63, 3.8) is 0 Å². The van der Waals surface area contributed by atoms with Crippen molar-refractivity contribution in [2.75, 3.05) is 20.1 Å². The molecule has 0 amide bonds. The van der Waals surface area contributed by atoms with E-state index < -0.39 is 11.2 Å². The van der Waals surface area contributed by atoms with Crippen LogP contribution in [-0.2, 0) is 5.60 Å². The van der Waals surface area contributed by atoms with E-state index in [-0.39, 0.29) is 5.41 Å². The second-order valence-corrected chi connectivity index (χ2v) is 11.0. The fraction of sp³-hybridized carbons (Fsp3) is 0.593. The van der Waals surface area contributed by atoms with Gasteiger partial charge in [0.05, 0.1) is 5.60 Å². The van der Waals surface area contributed by atoms with Gasteiger partial charge in [-0.25, -0.2) is 0 Å². The first-order valence-electron chi connectivity index (χ1n) is 11.7. The summed E-state index contributed by atoms with van der Waals surface area (Å²) in [4.78, 5) is 6.85. The standard InChI is InChI=1S/C27H38N2O2/c1-19(2)20-6-8-23(9-7-20)27(31,25(3)17-29(5)18-25)24-14-22(15-28-16-24)21-10-12-26(4,30)13-11-21/h6-9,14-16,19,21,30-31H,10-13,17-18H2,1-5H3. The van der Waals surface area contributed by atoms with Gasteiger partial charge in [0.15, 0.2) is 0 Å². The molecule has 2 fully saturated rings. The molecule has 2 aromatic rings. The predicted molar refractivity (Wildman–Crippen MR) is 125 cm³/mol. The van der Waals surface area contributed by atoms with Crippen LogP contribution in [0.15, 0.2) is 42.7 Å². The van der Waals surface area contributed by atoms with Gasteiger partial charge in [0.1, 0.15) is 5.60 Å². The summed E-state index contributed by atoms with van der Waals surface area (Å²) in [5.41, 5.74) is 2.36. The maximum Gasteiger partial charge on any atom is 0.124 e. The topological polar surface area (TPSA) is 56.6 Å². The number of benzene rings is 1. The van der Waals surface area contributed by atoms with Crippen LogP contribution in [0.25, 0.3) is 0 Å². The molecule has 2 heterocycles. The maximum atomic E-state index is 12.4. The minimum absolute atomic E-state index is 0.280. The van der Waals surface area contributed by atoms with Crippen molar-refractivity contribution in [1.82, 2.24) is 9.88 Å². The third-order valence-corrected chi connectivity index (χ3v) is 7.82. The van der Waals surface area contributed by atoms with E-state index in [1.165, 1.54) is 11.1 Å². The highest BCUT2D eigenvalue weighted by Gasteiger charge is 2.55. The van der Waals surface area contributed by atoms with E-state index in [0.717, 1.165) is 49.9 Å². The molecule has 0 bridgehead atoms. The summed E-state index contributed by atoms with van der Waals surface area (Å²) in [5, 5.41) is 22.7. The number of aromatic nitrogens is 1. The van der Waals surface area contributed by atoms with E-state index in [0.29, 0.717) is 11.8 Å². The number of hydrogen-bond acceptors (Lipinski definition) is 4. The van der Waals surface area contributed by atoms with Crippen molar-refractivity contribution in [2.45, 2.75) is 76.4 Å². The summed E-state index contributed by atoms with van der Waals surface area (Å²) in [6.07, 6.45) is 7.34. The second-order valence-electron chi connectivity index (χ2n) is 11.0. The molecule has 1 saturated heterocycles. The molecule has 2 N–H and O–H groups in total. The normalized spacial score (nSPS) is 28.2. The Balaban J connectivity index is 1.73. The SMILES string of the molecule is CC(C)c1ccc(C(O)(c2cncc(C3CCC(C)(O)CC3)c2)C2(C)CN(C)C2)cc1. The fourth-order valence-electron chi connectivity index (χ4n) is 5.80. The molecule has 0 radical (unpaired) electrons. The minimum Gasteiger partial charge on any atom is -0.390 e. The molecule has 1 saturated carbocycles. The van der Waals surface area contributed by atoms with Crippen molar-refractivity contribution in [3.05, 3.63) is 65.0 Å². The smallest absolute Gasteiger partial charge is 0.124 e. The van der Waals surface area contributed by atoms with Gasteiger partial charge in [0.25, 0.3) is 0 Å². The van der Waals surface area contributed by atoms with Crippen LogP contribution in [0.4, 0.5) is 0 Å². The molecule has 1 aliphatic carbocycles. The van der Waals surface area contributed by atoms with Crippen LogP contribution in [0.3, 0.4) is 0 Å². The van der Waals surface area contributed by atoms with Gasteiger partial charge in [-0.3, -0.25) is 4.98 Å². The minimum atomic E-state index is -1.10. The van der Waals surface area contributed by atoms with Gasteiger partial charge in [-0.05, 0) is 74.2 Å². The Labute approximate surface area is 187 Å². The van der Waals surface area contributed by atoms with E-state index in [4.69, 9.17) is 0 Å². The first-order chi connectivity index (χ1) is 14.5. The lowest BCUT2D eigenvalue weighted by Crippen LogP contribution is -2.63. The maximum absolute atomic E-state index is 12.4. The van der Waals surface area contributed by atoms with Gasteiger partial charge in [-0.15, -0.1) is 0 Å².